The molecule has 0 aliphatic carbocycles. The molecule has 0 amide bonds. The third-order valence-electron chi connectivity index (χ3n) is 3.13. The van der Waals surface area contributed by atoms with Crippen molar-refractivity contribution in [3.8, 4) is 17.1 Å². The van der Waals surface area contributed by atoms with E-state index < -0.39 is 5.97 Å². The van der Waals surface area contributed by atoms with E-state index in [0.717, 1.165) is 5.01 Å². The first kappa shape index (κ1) is 13.5. The van der Waals surface area contributed by atoms with Gasteiger partial charge < -0.3 is 9.84 Å². The van der Waals surface area contributed by atoms with Gasteiger partial charge in [0.15, 0.2) is 0 Å². The van der Waals surface area contributed by atoms with Crippen LogP contribution in [-0.2, 0) is 0 Å². The second-order valence-electron chi connectivity index (χ2n) is 4.50. The summed E-state index contributed by atoms with van der Waals surface area (Å²) in [5.41, 5.74) is 2.06. The molecule has 0 saturated heterocycles. The lowest BCUT2D eigenvalue weighted by Crippen LogP contribution is -2.00. The molecule has 0 bridgehead atoms. The van der Waals surface area contributed by atoms with Gasteiger partial charge >= 0.3 is 5.97 Å². The maximum Gasteiger partial charge on any atom is 0.336 e. The van der Waals surface area contributed by atoms with Crippen molar-refractivity contribution in [1.29, 1.82) is 0 Å². The number of benzene rings is 1. The lowest BCUT2D eigenvalue weighted by Gasteiger charge is -2.07. The molecule has 1 aromatic carbocycles. The van der Waals surface area contributed by atoms with E-state index in [1.807, 2.05) is 12.3 Å². The average molecular weight is 300 g/mol. The fourth-order valence-electron chi connectivity index (χ4n) is 2.12. The quantitative estimate of drug-likeness (QED) is 0.803. The van der Waals surface area contributed by atoms with Crippen molar-refractivity contribution in [3.05, 3.63) is 40.2 Å². The predicted octanol–water partition coefficient (Wildman–Crippen LogP) is 3.37. The fraction of sp³-hybridized carbons (Fsp3) is 0.133. The number of rotatable bonds is 3. The molecule has 0 unspecified atom stereocenters. The van der Waals surface area contributed by atoms with E-state index in [0.29, 0.717) is 28.0 Å². The van der Waals surface area contributed by atoms with Crippen LogP contribution in [0.4, 0.5) is 0 Å². The van der Waals surface area contributed by atoms with E-state index in [4.69, 9.17) is 4.74 Å². The number of nitrogens with zero attached hydrogens (tertiary/aromatic N) is 2. The second-order valence-corrected chi connectivity index (χ2v) is 5.56. The van der Waals surface area contributed by atoms with Gasteiger partial charge in [0, 0.05) is 10.8 Å². The van der Waals surface area contributed by atoms with Crippen LogP contribution >= 0.6 is 11.3 Å². The number of carboxylic acid groups (broad SMARTS) is 1. The Morgan fingerprint density at radius 2 is 2.05 bits per heavy atom. The molecule has 0 fully saturated rings. The van der Waals surface area contributed by atoms with Gasteiger partial charge in [-0.25, -0.2) is 14.8 Å². The monoisotopic (exact) mass is 300 g/mol. The molecule has 106 valence electrons. The number of methoxy groups -OCH3 is 1. The molecular weight excluding hydrogens is 288 g/mol. The average Bonchev–Trinajstić information content (AvgIpc) is 2.92. The van der Waals surface area contributed by atoms with Gasteiger partial charge in [-0.05, 0) is 31.2 Å². The van der Waals surface area contributed by atoms with E-state index in [2.05, 4.69) is 9.97 Å². The summed E-state index contributed by atoms with van der Waals surface area (Å²) in [6.45, 7) is 1.90. The molecule has 1 N–H and O–H groups in total. The third kappa shape index (κ3) is 2.45. The van der Waals surface area contributed by atoms with Gasteiger partial charge in [-0.2, -0.15) is 0 Å². The summed E-state index contributed by atoms with van der Waals surface area (Å²) in [5, 5.41) is 12.8. The molecule has 3 aromatic rings. The number of aromatic nitrogens is 2. The topological polar surface area (TPSA) is 72.3 Å². The highest BCUT2D eigenvalue weighted by atomic mass is 32.1. The Labute approximate surface area is 124 Å². The number of aryl methyl sites for hydroxylation is 1. The molecule has 0 atom stereocenters. The molecule has 0 radical (unpaired) electrons. The lowest BCUT2D eigenvalue weighted by atomic mass is 10.1. The molecule has 21 heavy (non-hydrogen) atoms. The number of ether oxygens (including phenoxy) is 1. The van der Waals surface area contributed by atoms with Crippen LogP contribution in [0.5, 0.6) is 5.75 Å². The summed E-state index contributed by atoms with van der Waals surface area (Å²) in [7, 11) is 1.54. The largest absolute Gasteiger partial charge is 0.497 e. The predicted molar refractivity (Wildman–Crippen MR) is 81.1 cm³/mol. The maximum absolute atomic E-state index is 11.5. The molecule has 5 nitrogen and oxygen atoms in total. The molecule has 0 aliphatic rings. The number of carbonyl (C=O) groups is 1. The van der Waals surface area contributed by atoms with Crippen LogP contribution in [0.1, 0.15) is 15.4 Å². The summed E-state index contributed by atoms with van der Waals surface area (Å²) in [5.74, 6) is -0.395. The van der Waals surface area contributed by atoms with E-state index in [9.17, 15) is 9.90 Å². The number of thiazole rings is 1. The summed E-state index contributed by atoms with van der Waals surface area (Å²) < 4.78 is 5.14. The van der Waals surface area contributed by atoms with Crippen LogP contribution in [-0.4, -0.2) is 28.2 Å². The normalized spacial score (nSPS) is 10.8. The van der Waals surface area contributed by atoms with Gasteiger partial charge in [0.25, 0.3) is 0 Å². The summed E-state index contributed by atoms with van der Waals surface area (Å²) in [4.78, 5) is 20.4. The third-order valence-corrected chi connectivity index (χ3v) is 3.90. The van der Waals surface area contributed by atoms with Gasteiger partial charge in [0.2, 0.25) is 0 Å². The number of fused-ring (bicyclic) bond motifs is 1. The number of aromatic carboxylic acids is 1. The Balaban J connectivity index is 2.28. The number of hydrogen-bond acceptors (Lipinski definition) is 5. The first-order valence-electron chi connectivity index (χ1n) is 6.23. The first-order valence-corrected chi connectivity index (χ1v) is 7.11. The summed E-state index contributed by atoms with van der Waals surface area (Å²) >= 11 is 1.51. The van der Waals surface area contributed by atoms with E-state index in [1.165, 1.54) is 11.3 Å². The minimum atomic E-state index is -0.996. The maximum atomic E-state index is 11.5. The van der Waals surface area contributed by atoms with Crippen molar-refractivity contribution in [1.82, 2.24) is 9.97 Å². The van der Waals surface area contributed by atoms with Crippen LogP contribution in [0.25, 0.3) is 22.3 Å². The smallest absolute Gasteiger partial charge is 0.336 e. The van der Waals surface area contributed by atoms with Gasteiger partial charge in [-0.3, -0.25) is 0 Å². The van der Waals surface area contributed by atoms with Crippen LogP contribution in [0.15, 0.2) is 29.6 Å². The minimum absolute atomic E-state index is 0.194. The van der Waals surface area contributed by atoms with Crippen molar-refractivity contribution >= 4 is 28.2 Å². The molecule has 0 spiro atoms. The van der Waals surface area contributed by atoms with Crippen molar-refractivity contribution in [2.75, 3.05) is 7.11 Å². The van der Waals surface area contributed by atoms with Crippen LogP contribution in [0.3, 0.4) is 0 Å². The Morgan fingerprint density at radius 1 is 1.24 bits per heavy atom. The highest BCUT2D eigenvalue weighted by molar-refractivity contribution is 7.09. The van der Waals surface area contributed by atoms with Gasteiger partial charge in [0.1, 0.15) is 5.75 Å². The zero-order valence-electron chi connectivity index (χ0n) is 11.5. The van der Waals surface area contributed by atoms with Gasteiger partial charge in [-0.1, -0.05) is 0 Å². The minimum Gasteiger partial charge on any atom is -0.497 e. The SMILES string of the molecule is COc1ccc2nc(-c3csc(C)n3)cc(C(=O)O)c2c1. The molecular formula is C15H12N2O3S. The van der Waals surface area contributed by atoms with E-state index in [1.54, 1.807) is 31.4 Å². The summed E-state index contributed by atoms with van der Waals surface area (Å²) in [6, 6.07) is 6.75. The Hall–Kier alpha value is -2.47. The molecule has 0 aliphatic heterocycles. The standard InChI is InChI=1S/C15H12N2O3S/c1-8-16-14(7-21-8)13-6-11(15(18)19)10-5-9(20-2)3-4-12(10)17-13/h3-7H,1-2H3,(H,18,19). The van der Waals surface area contributed by atoms with Gasteiger partial charge in [-0.15, -0.1) is 11.3 Å². The second kappa shape index (κ2) is 5.14. The van der Waals surface area contributed by atoms with Crippen molar-refractivity contribution in [2.45, 2.75) is 6.92 Å². The van der Waals surface area contributed by atoms with Crippen LogP contribution < -0.4 is 4.74 Å². The van der Waals surface area contributed by atoms with E-state index >= 15 is 0 Å². The number of hydrogen-bond donors (Lipinski definition) is 1. The molecule has 3 rings (SSSR count). The summed E-state index contributed by atoms with van der Waals surface area (Å²) in [6.07, 6.45) is 0. The number of pyridine rings is 1. The zero-order valence-corrected chi connectivity index (χ0v) is 12.3. The van der Waals surface area contributed by atoms with Crippen LogP contribution in [0.2, 0.25) is 0 Å². The molecule has 0 saturated carbocycles. The Morgan fingerprint density at radius 3 is 2.67 bits per heavy atom. The Kier molecular flexibility index (Phi) is 3.31. The highest BCUT2D eigenvalue weighted by Crippen LogP contribution is 2.28. The first-order chi connectivity index (χ1) is 10.1. The zero-order chi connectivity index (χ0) is 15.0. The van der Waals surface area contributed by atoms with Crippen LogP contribution in [0, 0.1) is 6.92 Å². The van der Waals surface area contributed by atoms with Crippen molar-refractivity contribution in [3.63, 3.8) is 0 Å². The lowest BCUT2D eigenvalue weighted by molar-refractivity contribution is 0.0699. The highest BCUT2D eigenvalue weighted by Gasteiger charge is 2.15. The fourth-order valence-corrected chi connectivity index (χ4v) is 2.73. The molecule has 2 aromatic heterocycles. The van der Waals surface area contributed by atoms with E-state index in [-0.39, 0.29) is 5.56 Å². The van der Waals surface area contributed by atoms with Gasteiger partial charge in [0.05, 0.1) is 34.6 Å². The van der Waals surface area contributed by atoms with Crippen molar-refractivity contribution < 1.29 is 14.6 Å². The Bertz CT molecular complexity index is 842. The molecule has 2 heterocycles. The molecule has 6 heteroatoms. The van der Waals surface area contributed by atoms with Crippen molar-refractivity contribution in [2.24, 2.45) is 0 Å². The number of carboxylic acids is 1.